The van der Waals surface area contributed by atoms with Crippen molar-refractivity contribution in [3.63, 3.8) is 0 Å². The maximum absolute atomic E-state index is 12.8. The number of hydrogen-bond donors (Lipinski definition) is 1. The summed E-state index contributed by atoms with van der Waals surface area (Å²) in [6.07, 6.45) is 0.393. The molecule has 0 saturated carbocycles. The van der Waals surface area contributed by atoms with Crippen LogP contribution in [0.3, 0.4) is 0 Å². The van der Waals surface area contributed by atoms with Gasteiger partial charge < -0.3 is 5.11 Å². The number of hydrogen-bond acceptors (Lipinski definition) is 1. The molecule has 1 rings (SSSR count). The first-order chi connectivity index (χ1) is 5.87. The minimum Gasteiger partial charge on any atom is -0.390 e. The number of benzene rings is 1. The molecule has 0 aliphatic rings. The Morgan fingerprint density at radius 3 is 2.46 bits per heavy atom. The van der Waals surface area contributed by atoms with Crippen LogP contribution in [0.2, 0.25) is 5.02 Å². The molecule has 1 N–H and O–H groups in total. The lowest BCUT2D eigenvalue weighted by molar-refractivity contribution is 0.0809. The summed E-state index contributed by atoms with van der Waals surface area (Å²) >= 11 is 5.66. The van der Waals surface area contributed by atoms with E-state index in [1.54, 1.807) is 19.9 Å². The van der Waals surface area contributed by atoms with Gasteiger partial charge in [-0.25, -0.2) is 4.39 Å². The first-order valence-corrected chi connectivity index (χ1v) is 4.42. The summed E-state index contributed by atoms with van der Waals surface area (Å²) in [4.78, 5) is 0. The molecule has 3 heteroatoms. The molecule has 0 radical (unpaired) electrons. The Hall–Kier alpha value is -0.600. The summed E-state index contributed by atoms with van der Waals surface area (Å²) in [5.74, 6) is -0.369. The fraction of sp³-hybridized carbons (Fsp3) is 0.400. The van der Waals surface area contributed by atoms with Crippen LogP contribution in [0.4, 0.5) is 4.39 Å². The maximum atomic E-state index is 12.8. The first-order valence-electron chi connectivity index (χ1n) is 4.04. The molecule has 0 amide bonds. The topological polar surface area (TPSA) is 20.2 Å². The molecular weight excluding hydrogens is 191 g/mol. The molecule has 0 fully saturated rings. The van der Waals surface area contributed by atoms with E-state index >= 15 is 0 Å². The number of rotatable bonds is 2. The van der Waals surface area contributed by atoms with Gasteiger partial charge in [0.1, 0.15) is 5.82 Å². The average molecular weight is 203 g/mol. The third-order valence-corrected chi connectivity index (χ3v) is 1.78. The molecule has 0 saturated heterocycles. The third-order valence-electron chi connectivity index (χ3n) is 1.56. The van der Waals surface area contributed by atoms with E-state index in [0.29, 0.717) is 17.0 Å². The molecule has 1 nitrogen and oxygen atoms in total. The summed E-state index contributed by atoms with van der Waals surface area (Å²) in [5.41, 5.74) is -0.130. The third kappa shape index (κ3) is 3.75. The Kier molecular flexibility index (Phi) is 2.94. The van der Waals surface area contributed by atoms with E-state index < -0.39 is 5.60 Å². The Morgan fingerprint density at radius 1 is 1.38 bits per heavy atom. The molecule has 0 aromatic heterocycles. The normalized spacial score (nSPS) is 11.8. The Bertz CT molecular complexity index is 284. The van der Waals surface area contributed by atoms with Gasteiger partial charge in [-0.15, -0.1) is 0 Å². The van der Waals surface area contributed by atoms with E-state index in [1.807, 2.05) is 0 Å². The van der Waals surface area contributed by atoms with Crippen LogP contribution in [0.1, 0.15) is 19.4 Å². The van der Waals surface area contributed by atoms with Crippen LogP contribution in [-0.2, 0) is 6.42 Å². The van der Waals surface area contributed by atoms with Gasteiger partial charge >= 0.3 is 0 Å². The van der Waals surface area contributed by atoms with Crippen LogP contribution in [0, 0.1) is 5.82 Å². The molecule has 72 valence electrons. The summed E-state index contributed by atoms with van der Waals surface area (Å²) in [7, 11) is 0. The highest BCUT2D eigenvalue weighted by Gasteiger charge is 2.14. The predicted molar refractivity (Wildman–Crippen MR) is 51.4 cm³/mol. The van der Waals surface area contributed by atoms with Crippen molar-refractivity contribution in [1.82, 2.24) is 0 Å². The van der Waals surface area contributed by atoms with Crippen LogP contribution < -0.4 is 0 Å². The second-order valence-corrected chi connectivity index (χ2v) is 4.20. The van der Waals surface area contributed by atoms with Crippen molar-refractivity contribution in [2.75, 3.05) is 0 Å². The molecule has 13 heavy (non-hydrogen) atoms. The largest absolute Gasteiger partial charge is 0.390 e. The number of aliphatic hydroxyl groups is 1. The number of halogens is 2. The van der Waals surface area contributed by atoms with Crippen LogP contribution in [0.5, 0.6) is 0 Å². The van der Waals surface area contributed by atoms with E-state index in [-0.39, 0.29) is 5.82 Å². The molecule has 0 heterocycles. The Labute approximate surface area is 82.2 Å². The predicted octanol–water partition coefficient (Wildman–Crippen LogP) is 2.79. The zero-order valence-corrected chi connectivity index (χ0v) is 8.40. The van der Waals surface area contributed by atoms with Gasteiger partial charge in [0, 0.05) is 11.4 Å². The molecule has 0 unspecified atom stereocenters. The van der Waals surface area contributed by atoms with Gasteiger partial charge in [-0.3, -0.25) is 0 Å². The lowest BCUT2D eigenvalue weighted by atomic mass is 9.99. The fourth-order valence-corrected chi connectivity index (χ4v) is 1.46. The molecular formula is C10H12ClFO. The fourth-order valence-electron chi connectivity index (χ4n) is 1.21. The van der Waals surface area contributed by atoms with E-state index in [4.69, 9.17) is 11.6 Å². The van der Waals surface area contributed by atoms with Gasteiger partial charge in [-0.2, -0.15) is 0 Å². The molecule has 0 atom stereocenters. The van der Waals surface area contributed by atoms with Crippen LogP contribution in [0.15, 0.2) is 18.2 Å². The van der Waals surface area contributed by atoms with Crippen molar-refractivity contribution in [3.8, 4) is 0 Å². The second-order valence-electron chi connectivity index (χ2n) is 3.77. The van der Waals surface area contributed by atoms with Crippen LogP contribution in [0.25, 0.3) is 0 Å². The highest BCUT2D eigenvalue weighted by molar-refractivity contribution is 6.30. The first kappa shape index (κ1) is 10.5. The van der Waals surface area contributed by atoms with Crippen LogP contribution >= 0.6 is 11.6 Å². The highest BCUT2D eigenvalue weighted by Crippen LogP contribution is 2.18. The van der Waals surface area contributed by atoms with Gasteiger partial charge in [0.15, 0.2) is 0 Å². The minimum atomic E-state index is -0.836. The van der Waals surface area contributed by atoms with E-state index in [1.165, 1.54) is 12.1 Å². The Morgan fingerprint density at radius 2 is 2.00 bits per heavy atom. The van der Waals surface area contributed by atoms with Crippen molar-refractivity contribution in [2.24, 2.45) is 0 Å². The lowest BCUT2D eigenvalue weighted by Gasteiger charge is -2.16. The monoisotopic (exact) mass is 202 g/mol. The van der Waals surface area contributed by atoms with Gasteiger partial charge in [0.05, 0.1) is 5.60 Å². The van der Waals surface area contributed by atoms with Gasteiger partial charge in [-0.1, -0.05) is 11.6 Å². The highest BCUT2D eigenvalue weighted by atomic mass is 35.5. The molecule has 0 spiro atoms. The molecule has 0 bridgehead atoms. The minimum absolute atomic E-state index is 0.360. The smallest absolute Gasteiger partial charge is 0.124 e. The molecule has 0 aliphatic heterocycles. The second kappa shape index (κ2) is 3.64. The Balaban J connectivity index is 2.90. The molecule has 1 aromatic carbocycles. The van der Waals surface area contributed by atoms with E-state index in [2.05, 4.69) is 0 Å². The van der Waals surface area contributed by atoms with Gasteiger partial charge in [0.2, 0.25) is 0 Å². The van der Waals surface area contributed by atoms with Crippen molar-refractivity contribution in [3.05, 3.63) is 34.6 Å². The van der Waals surface area contributed by atoms with Gasteiger partial charge in [0.25, 0.3) is 0 Å². The van der Waals surface area contributed by atoms with Crippen LogP contribution in [-0.4, -0.2) is 10.7 Å². The van der Waals surface area contributed by atoms with E-state index in [0.717, 1.165) is 0 Å². The summed E-state index contributed by atoms with van der Waals surface area (Å²) in [5, 5.41) is 9.85. The van der Waals surface area contributed by atoms with Crippen molar-refractivity contribution in [1.29, 1.82) is 0 Å². The van der Waals surface area contributed by atoms with Gasteiger partial charge in [-0.05, 0) is 37.6 Å². The molecule has 0 aliphatic carbocycles. The van der Waals surface area contributed by atoms with Crippen molar-refractivity contribution < 1.29 is 9.50 Å². The molecule has 1 aromatic rings. The standard InChI is InChI=1S/C10H12ClFO/c1-10(2,13)6-7-3-8(11)5-9(12)4-7/h3-5,13H,6H2,1-2H3. The summed E-state index contributed by atoms with van der Waals surface area (Å²) in [6, 6.07) is 4.28. The summed E-state index contributed by atoms with van der Waals surface area (Å²) < 4.78 is 12.8. The SMILES string of the molecule is CC(C)(O)Cc1cc(F)cc(Cl)c1. The quantitative estimate of drug-likeness (QED) is 0.782. The van der Waals surface area contributed by atoms with E-state index in [9.17, 15) is 9.50 Å². The maximum Gasteiger partial charge on any atom is 0.124 e. The zero-order chi connectivity index (χ0) is 10.1. The zero-order valence-electron chi connectivity index (χ0n) is 7.64. The summed E-state index contributed by atoms with van der Waals surface area (Å²) in [6.45, 7) is 3.34. The van der Waals surface area contributed by atoms with Crippen molar-refractivity contribution in [2.45, 2.75) is 25.9 Å². The lowest BCUT2D eigenvalue weighted by Crippen LogP contribution is -2.21. The van der Waals surface area contributed by atoms with Crippen molar-refractivity contribution >= 4 is 11.6 Å². The average Bonchev–Trinajstić information content (AvgIpc) is 1.78.